The molecule has 0 fully saturated rings. The lowest BCUT2D eigenvalue weighted by Gasteiger charge is -2.29. The SMILES string of the molecule is Cc1cc2cc(C(=O)O)ccc2c(-c2ccc3c4c(ccnc24)CCO3)c1[C@H](OC(C)(C)C)C(=O)O.Cc1cc2cc(C(N)=O)ccc2c(-c2ccc3c4c(ccnc24)CCO3)c1[C@H](OC(C)(C)C)C(=O)O.[C-]#[N+]c1ccc2c(-c3ccc4c5c(ccnc35)CCO4)c([C@H](OC(C)(C)C)C(=O)O)c(C)cc2c1. The molecule has 20 heteroatoms. The van der Waals surface area contributed by atoms with Gasteiger partial charge in [0, 0.05) is 93.0 Å². The van der Waals surface area contributed by atoms with Gasteiger partial charge in [-0.2, -0.15) is 0 Å². The summed E-state index contributed by atoms with van der Waals surface area (Å²) >= 11 is 0. The Bertz CT molecular complexity index is 5490. The summed E-state index contributed by atoms with van der Waals surface area (Å²) in [6.07, 6.45) is 4.00. The number of nitrogens with two attached hydrogens (primary N) is 1. The first kappa shape index (κ1) is 73.4. The number of aromatic carboxylic acids is 1. The number of aromatic nitrogens is 3. The number of hydrogen-bond donors (Lipinski definition) is 5. The van der Waals surface area contributed by atoms with Crippen LogP contribution in [0.4, 0.5) is 5.69 Å². The number of hydrogen-bond acceptors (Lipinski definition) is 14. The lowest BCUT2D eigenvalue weighted by atomic mass is 9.85. The maximum Gasteiger partial charge on any atom is 0.337 e. The maximum atomic E-state index is 12.6. The molecule has 3 atom stereocenters. The predicted octanol–water partition coefficient (Wildman–Crippen LogP) is 18.1. The Labute approximate surface area is 617 Å². The van der Waals surface area contributed by atoms with Crippen LogP contribution >= 0.6 is 0 Å². The van der Waals surface area contributed by atoms with E-state index in [-0.39, 0.29) is 5.56 Å². The summed E-state index contributed by atoms with van der Waals surface area (Å²) in [6.45, 7) is 31.3. The first-order valence-corrected chi connectivity index (χ1v) is 35.2. The van der Waals surface area contributed by atoms with E-state index in [1.54, 1.807) is 48.9 Å². The van der Waals surface area contributed by atoms with E-state index < -0.39 is 64.9 Å². The molecular weight excluding hydrogens is 1350 g/mol. The van der Waals surface area contributed by atoms with Crippen molar-refractivity contribution in [1.29, 1.82) is 0 Å². The average Bonchev–Trinajstić information content (AvgIpc) is 0.743. The summed E-state index contributed by atoms with van der Waals surface area (Å²) in [4.78, 5) is 79.1. The number of aryl methyl sites for hydroxylation is 3. The lowest BCUT2D eigenvalue weighted by Crippen LogP contribution is -2.28. The third kappa shape index (κ3) is 14.4. The molecule has 0 spiro atoms. The summed E-state index contributed by atoms with van der Waals surface area (Å²) in [5.74, 6) is -2.50. The molecule has 3 aliphatic rings. The largest absolute Gasteiger partial charge is 0.493 e. The molecule has 0 saturated heterocycles. The van der Waals surface area contributed by atoms with E-state index >= 15 is 0 Å². The van der Waals surface area contributed by atoms with Crippen LogP contribution in [0.2, 0.25) is 0 Å². The van der Waals surface area contributed by atoms with Crippen molar-refractivity contribution in [2.75, 3.05) is 19.8 Å². The molecule has 12 aromatic rings. The fraction of sp³-hybridized carbons (Fsp3) is 0.276. The van der Waals surface area contributed by atoms with Gasteiger partial charge in [-0.05, 0) is 250 Å². The van der Waals surface area contributed by atoms with Gasteiger partial charge in [0.05, 0.1) is 65.3 Å². The molecule has 3 aliphatic heterocycles. The summed E-state index contributed by atoms with van der Waals surface area (Å²) in [6, 6.07) is 38.7. The average molecular weight is 1440 g/mol. The van der Waals surface area contributed by atoms with E-state index in [1.807, 2.05) is 174 Å². The number of carbonyl (C=O) groups excluding carboxylic acids is 1. The zero-order valence-corrected chi connectivity index (χ0v) is 61.5. The third-order valence-corrected chi connectivity index (χ3v) is 19.2. The minimum Gasteiger partial charge on any atom is -0.493 e. The van der Waals surface area contributed by atoms with Crippen molar-refractivity contribution in [1.82, 2.24) is 15.0 Å². The van der Waals surface area contributed by atoms with Gasteiger partial charge in [0.1, 0.15) is 17.2 Å². The number of aliphatic carboxylic acids is 3. The highest BCUT2D eigenvalue weighted by Crippen LogP contribution is 2.50. The number of ether oxygens (including phenoxy) is 6. The Morgan fingerprint density at radius 1 is 0.439 bits per heavy atom. The van der Waals surface area contributed by atoms with Crippen LogP contribution in [0.1, 0.15) is 151 Å². The molecular formula is C87H81N5O15. The summed E-state index contributed by atoms with van der Waals surface area (Å²) in [7, 11) is 0. The number of benzene rings is 9. The standard InChI is InChI=1S/C29H28N2O5.C29H26N2O4.C29H27NO6/c1-15-13-18-14-17(27(30)32)5-6-19(18)24(22(15)26(28(33)34)36-29(2,3)4)20-7-8-21-23-16(10-12-35-21)9-11-31-25(20)23;1-16-14-18-15-19(30-5)6-7-20(18)25(23(16)27(28(32)33)35-29(2,3)4)21-8-9-22-24-17(11-13-34-22)10-12-31-26(21)24;1-15-13-18-14-17(27(31)32)5-6-19(18)24(22(15)26(28(33)34)36-29(2,3)4)20-7-8-21-23-16(10-12-35-21)9-11-30-25(20)23/h5-9,11,13-14,26H,10,12H2,1-4H3,(H2,30,32)(H,33,34);6-10,12,14-15,27H,11,13H2,1-4H3,(H,32,33);5-9,11,13-14,26H,10,12H2,1-4H3,(H,31,32)(H,33,34)/t26-;27-;26-/m000/s1. The fourth-order valence-corrected chi connectivity index (χ4v) is 15.0. The quantitative estimate of drug-likeness (QED) is 0.0632. The van der Waals surface area contributed by atoms with Crippen LogP contribution < -0.4 is 19.9 Å². The van der Waals surface area contributed by atoms with Crippen molar-refractivity contribution in [3.8, 4) is 50.6 Å². The number of carbonyl (C=O) groups is 5. The second-order valence-electron chi connectivity index (χ2n) is 30.1. The molecule has 9 aromatic carbocycles. The zero-order valence-electron chi connectivity index (χ0n) is 61.5. The molecule has 0 saturated carbocycles. The molecule has 15 rings (SSSR count). The molecule has 544 valence electrons. The number of amides is 1. The van der Waals surface area contributed by atoms with Gasteiger partial charge in [-0.1, -0.05) is 42.5 Å². The molecule has 20 nitrogen and oxygen atoms in total. The number of primary amides is 1. The number of nitrogens with zero attached hydrogens (tertiary/aromatic N) is 4. The lowest BCUT2D eigenvalue weighted by molar-refractivity contribution is -0.161. The molecule has 6 heterocycles. The smallest absolute Gasteiger partial charge is 0.337 e. The number of rotatable bonds is 14. The van der Waals surface area contributed by atoms with Gasteiger partial charge in [-0.3, -0.25) is 19.7 Å². The number of carboxylic acids is 4. The summed E-state index contributed by atoms with van der Waals surface area (Å²) < 4.78 is 36.1. The normalized spacial score (nSPS) is 14.0. The molecule has 0 unspecified atom stereocenters. The number of pyridine rings is 3. The van der Waals surface area contributed by atoms with Crippen LogP contribution in [0.25, 0.3) is 103 Å². The summed E-state index contributed by atoms with van der Waals surface area (Å²) in [5.41, 5.74) is 18.5. The van der Waals surface area contributed by atoms with Gasteiger partial charge in [0.15, 0.2) is 24.0 Å². The highest BCUT2D eigenvalue weighted by Gasteiger charge is 2.37. The van der Waals surface area contributed by atoms with E-state index in [9.17, 15) is 44.4 Å². The van der Waals surface area contributed by atoms with E-state index in [1.165, 1.54) is 6.07 Å². The van der Waals surface area contributed by atoms with Gasteiger partial charge >= 0.3 is 23.9 Å². The molecule has 6 N–H and O–H groups in total. The van der Waals surface area contributed by atoms with Gasteiger partial charge < -0.3 is 54.6 Å². The first-order chi connectivity index (χ1) is 50.8. The molecule has 3 aromatic heterocycles. The highest BCUT2D eigenvalue weighted by atomic mass is 16.5. The second-order valence-corrected chi connectivity index (χ2v) is 30.1. The third-order valence-electron chi connectivity index (χ3n) is 19.2. The molecule has 107 heavy (non-hydrogen) atoms. The molecule has 0 aliphatic carbocycles. The first-order valence-electron chi connectivity index (χ1n) is 35.2. The Hall–Kier alpha value is -11.9. The zero-order chi connectivity index (χ0) is 76.5. The minimum atomic E-state index is -1.24. The minimum absolute atomic E-state index is 0.157. The molecule has 0 bridgehead atoms. The fourth-order valence-electron chi connectivity index (χ4n) is 15.0. The Balaban J connectivity index is 0.000000142. The van der Waals surface area contributed by atoms with E-state index in [4.69, 9.17) is 55.7 Å². The van der Waals surface area contributed by atoms with Crippen molar-refractivity contribution in [2.45, 2.75) is 137 Å². The maximum absolute atomic E-state index is 12.6. The van der Waals surface area contributed by atoms with Crippen LogP contribution in [0.3, 0.4) is 0 Å². The van der Waals surface area contributed by atoms with Crippen molar-refractivity contribution >= 4 is 100 Å². The molecule has 1 amide bonds. The van der Waals surface area contributed by atoms with Crippen LogP contribution in [0, 0.1) is 27.3 Å². The van der Waals surface area contributed by atoms with Crippen molar-refractivity contribution in [3.05, 3.63) is 219 Å². The molecule has 0 radical (unpaired) electrons. The van der Waals surface area contributed by atoms with E-state index in [0.717, 1.165) is 141 Å². The summed E-state index contributed by atoms with van der Waals surface area (Å²) in [5, 5.41) is 47.9. The van der Waals surface area contributed by atoms with Crippen LogP contribution in [0.5, 0.6) is 17.2 Å². The van der Waals surface area contributed by atoms with Crippen molar-refractivity contribution in [2.24, 2.45) is 5.73 Å². The van der Waals surface area contributed by atoms with Crippen LogP contribution in [0.15, 0.2) is 146 Å². The van der Waals surface area contributed by atoms with Crippen molar-refractivity contribution < 1.29 is 72.8 Å². The second kappa shape index (κ2) is 28.5. The Morgan fingerprint density at radius 2 is 0.757 bits per heavy atom. The monoisotopic (exact) mass is 1440 g/mol. The van der Waals surface area contributed by atoms with E-state index in [2.05, 4.69) is 4.85 Å². The van der Waals surface area contributed by atoms with Crippen LogP contribution in [-0.2, 0) is 47.9 Å². The van der Waals surface area contributed by atoms with Gasteiger partial charge in [0.25, 0.3) is 0 Å². The van der Waals surface area contributed by atoms with Crippen molar-refractivity contribution in [3.63, 3.8) is 0 Å². The number of carboxylic acid groups (broad SMARTS) is 4. The van der Waals surface area contributed by atoms with E-state index in [0.29, 0.717) is 75.4 Å². The van der Waals surface area contributed by atoms with Gasteiger partial charge in [0.2, 0.25) is 5.91 Å². The van der Waals surface area contributed by atoms with Gasteiger partial charge in [-0.15, -0.1) is 0 Å². The number of fused-ring (bicyclic) bond motifs is 3. The Morgan fingerprint density at radius 3 is 1.07 bits per heavy atom. The van der Waals surface area contributed by atoms with Gasteiger partial charge in [-0.25, -0.2) is 24.0 Å². The highest BCUT2D eigenvalue weighted by molar-refractivity contribution is 6.13. The predicted molar refractivity (Wildman–Crippen MR) is 411 cm³/mol. The Kier molecular flexibility index (Phi) is 19.6. The van der Waals surface area contributed by atoms with Crippen LogP contribution in [-0.4, -0.2) is 102 Å². The topological polar surface area (TPSA) is 291 Å².